The van der Waals surface area contributed by atoms with E-state index in [0.717, 1.165) is 0 Å². The fourth-order valence-corrected chi connectivity index (χ4v) is 2.04. The van der Waals surface area contributed by atoms with E-state index in [-0.39, 0.29) is 17.2 Å². The molecule has 2 aromatic rings. The van der Waals surface area contributed by atoms with E-state index in [4.69, 9.17) is 10.8 Å². The van der Waals surface area contributed by atoms with E-state index in [0.29, 0.717) is 11.3 Å². The van der Waals surface area contributed by atoms with Crippen LogP contribution in [0.15, 0.2) is 40.6 Å². The van der Waals surface area contributed by atoms with Gasteiger partial charge in [0.1, 0.15) is 11.5 Å². The van der Waals surface area contributed by atoms with Gasteiger partial charge in [-0.15, -0.1) is 0 Å². The second kappa shape index (κ2) is 7.18. The van der Waals surface area contributed by atoms with Crippen molar-refractivity contribution in [2.24, 2.45) is 15.7 Å². The standard InChI is InChI=1S/C15H16N6O3/c1-17-9-5-3-8(4-6-9)10(14(22)18-2)21-13(16)11-12(15(23)24)20-7-19-11/h3-7,10H,1H2,2H3,(H2,16,21)(H,18,22)(H,19,20)(H,23,24). The van der Waals surface area contributed by atoms with Crippen molar-refractivity contribution >= 4 is 30.1 Å². The molecule has 124 valence electrons. The van der Waals surface area contributed by atoms with Gasteiger partial charge in [0.15, 0.2) is 11.7 Å². The monoisotopic (exact) mass is 328 g/mol. The van der Waals surface area contributed by atoms with Crippen LogP contribution >= 0.6 is 0 Å². The summed E-state index contributed by atoms with van der Waals surface area (Å²) in [5.74, 6) is -1.78. The number of nitrogens with one attached hydrogen (secondary N) is 2. The van der Waals surface area contributed by atoms with Crippen molar-refractivity contribution in [2.45, 2.75) is 6.04 Å². The molecular formula is C15H16N6O3. The Morgan fingerprint density at radius 2 is 2.04 bits per heavy atom. The van der Waals surface area contributed by atoms with E-state index in [1.807, 2.05) is 0 Å². The summed E-state index contributed by atoms with van der Waals surface area (Å²) in [4.78, 5) is 37.5. The molecule has 0 aliphatic carbocycles. The molecule has 9 heteroatoms. The number of nitrogens with two attached hydrogens (primary N) is 1. The summed E-state index contributed by atoms with van der Waals surface area (Å²) in [6, 6.07) is 5.75. The largest absolute Gasteiger partial charge is 0.477 e. The Balaban J connectivity index is 2.44. The van der Waals surface area contributed by atoms with Crippen molar-refractivity contribution in [3.63, 3.8) is 0 Å². The number of carboxylic acid groups (broad SMARTS) is 1. The maximum Gasteiger partial charge on any atom is 0.354 e. The van der Waals surface area contributed by atoms with E-state index < -0.39 is 17.9 Å². The van der Waals surface area contributed by atoms with Gasteiger partial charge in [-0.3, -0.25) is 9.79 Å². The normalized spacial score (nSPS) is 12.5. The van der Waals surface area contributed by atoms with Gasteiger partial charge in [-0.2, -0.15) is 0 Å². The van der Waals surface area contributed by atoms with E-state index in [2.05, 4.69) is 32.0 Å². The third kappa shape index (κ3) is 3.46. The summed E-state index contributed by atoms with van der Waals surface area (Å²) in [5.41, 5.74) is 6.85. The number of amidine groups is 1. The Hall–Kier alpha value is -3.49. The summed E-state index contributed by atoms with van der Waals surface area (Å²) in [6.45, 7) is 3.42. The van der Waals surface area contributed by atoms with Gasteiger partial charge in [0.25, 0.3) is 0 Å². The van der Waals surface area contributed by atoms with E-state index >= 15 is 0 Å². The van der Waals surface area contributed by atoms with Gasteiger partial charge in [0, 0.05) is 7.05 Å². The fraction of sp³-hybridized carbons (Fsp3) is 0.133. The number of imidazole rings is 1. The molecule has 0 fully saturated rings. The molecule has 0 saturated heterocycles. The van der Waals surface area contributed by atoms with Gasteiger partial charge >= 0.3 is 5.97 Å². The van der Waals surface area contributed by atoms with Crippen LogP contribution in [0.5, 0.6) is 0 Å². The zero-order chi connectivity index (χ0) is 17.7. The lowest BCUT2D eigenvalue weighted by atomic mass is 10.1. The highest BCUT2D eigenvalue weighted by molar-refractivity contribution is 6.05. The molecule has 9 nitrogen and oxygen atoms in total. The first-order chi connectivity index (χ1) is 11.5. The fourth-order valence-electron chi connectivity index (χ4n) is 2.04. The minimum absolute atomic E-state index is 0.0271. The maximum atomic E-state index is 12.1. The summed E-state index contributed by atoms with van der Waals surface area (Å²) in [6.07, 6.45) is 1.20. The molecule has 1 aromatic heterocycles. The molecule has 0 spiro atoms. The predicted molar refractivity (Wildman–Crippen MR) is 88.7 cm³/mol. The Morgan fingerprint density at radius 1 is 1.38 bits per heavy atom. The van der Waals surface area contributed by atoms with E-state index in [1.54, 1.807) is 24.3 Å². The van der Waals surface area contributed by atoms with Crippen LogP contribution in [-0.2, 0) is 4.79 Å². The lowest BCUT2D eigenvalue weighted by Crippen LogP contribution is -2.28. The molecule has 0 aliphatic rings. The van der Waals surface area contributed by atoms with E-state index in [1.165, 1.54) is 13.4 Å². The van der Waals surface area contributed by atoms with Crippen LogP contribution in [0, 0.1) is 0 Å². The number of aromatic nitrogens is 2. The first-order valence-corrected chi connectivity index (χ1v) is 6.86. The summed E-state index contributed by atoms with van der Waals surface area (Å²) < 4.78 is 0. The van der Waals surface area contributed by atoms with Crippen LogP contribution in [0.2, 0.25) is 0 Å². The number of carbonyl (C=O) groups excluding carboxylic acids is 1. The number of rotatable bonds is 6. The lowest BCUT2D eigenvalue weighted by Gasteiger charge is -2.13. The van der Waals surface area contributed by atoms with Gasteiger partial charge in [0.05, 0.1) is 12.0 Å². The van der Waals surface area contributed by atoms with Crippen molar-refractivity contribution in [1.82, 2.24) is 15.3 Å². The molecule has 1 amide bonds. The number of hydrogen-bond acceptors (Lipinski definition) is 5. The average Bonchev–Trinajstić information content (AvgIpc) is 3.09. The molecule has 0 aliphatic heterocycles. The molecule has 2 rings (SSSR count). The van der Waals surface area contributed by atoms with Crippen LogP contribution in [0.1, 0.15) is 27.8 Å². The first-order valence-electron chi connectivity index (χ1n) is 6.86. The van der Waals surface area contributed by atoms with Gasteiger partial charge in [-0.25, -0.2) is 14.8 Å². The molecule has 0 radical (unpaired) electrons. The Morgan fingerprint density at radius 3 is 2.58 bits per heavy atom. The summed E-state index contributed by atoms with van der Waals surface area (Å²) >= 11 is 0. The van der Waals surface area contributed by atoms with Crippen molar-refractivity contribution < 1.29 is 14.7 Å². The number of nitrogens with zero attached hydrogens (tertiary/aromatic N) is 3. The second-order valence-electron chi connectivity index (χ2n) is 4.71. The number of aromatic carboxylic acids is 1. The van der Waals surface area contributed by atoms with Crippen LogP contribution in [-0.4, -0.2) is 46.6 Å². The third-order valence-electron chi connectivity index (χ3n) is 3.25. The third-order valence-corrected chi connectivity index (χ3v) is 3.25. The minimum Gasteiger partial charge on any atom is -0.477 e. The van der Waals surface area contributed by atoms with Gasteiger partial charge < -0.3 is 21.1 Å². The first kappa shape index (κ1) is 16.9. The average molecular weight is 328 g/mol. The van der Waals surface area contributed by atoms with Crippen molar-refractivity contribution in [3.8, 4) is 0 Å². The number of aliphatic imine (C=N–C) groups is 2. The number of carbonyl (C=O) groups is 2. The number of likely N-dealkylation sites (N-methyl/N-ethyl adjacent to an activating group) is 1. The number of H-pyrrole nitrogens is 1. The van der Waals surface area contributed by atoms with Crippen molar-refractivity contribution in [3.05, 3.63) is 47.5 Å². The quantitative estimate of drug-likeness (QED) is 0.454. The second-order valence-corrected chi connectivity index (χ2v) is 4.71. The SMILES string of the molecule is C=Nc1ccc(C(N=C(N)c2nc[nH]c2C(=O)O)C(=O)NC)cc1. The Labute approximate surface area is 137 Å². The smallest absolute Gasteiger partial charge is 0.354 e. The topological polar surface area (TPSA) is 146 Å². The molecule has 24 heavy (non-hydrogen) atoms. The molecule has 0 bridgehead atoms. The molecule has 1 unspecified atom stereocenters. The zero-order valence-corrected chi connectivity index (χ0v) is 12.9. The summed E-state index contributed by atoms with van der Waals surface area (Å²) in [7, 11) is 1.47. The molecule has 1 aromatic carbocycles. The highest BCUT2D eigenvalue weighted by atomic mass is 16.4. The van der Waals surface area contributed by atoms with Crippen LogP contribution in [0.4, 0.5) is 5.69 Å². The molecule has 1 atom stereocenters. The molecule has 5 N–H and O–H groups in total. The van der Waals surface area contributed by atoms with Crippen molar-refractivity contribution in [2.75, 3.05) is 7.05 Å². The Kier molecular flexibility index (Phi) is 5.05. The minimum atomic E-state index is -1.22. The van der Waals surface area contributed by atoms with Crippen molar-refractivity contribution in [1.29, 1.82) is 0 Å². The molecule has 1 heterocycles. The van der Waals surface area contributed by atoms with Crippen LogP contribution < -0.4 is 11.1 Å². The molecule has 0 saturated carbocycles. The lowest BCUT2D eigenvalue weighted by molar-refractivity contribution is -0.121. The number of amides is 1. The zero-order valence-electron chi connectivity index (χ0n) is 12.9. The molecular weight excluding hydrogens is 312 g/mol. The van der Waals surface area contributed by atoms with E-state index in [9.17, 15) is 9.59 Å². The predicted octanol–water partition coefficient (Wildman–Crippen LogP) is 0.633. The number of carboxylic acids is 1. The van der Waals surface area contributed by atoms with Gasteiger partial charge in [-0.1, -0.05) is 12.1 Å². The summed E-state index contributed by atoms with van der Waals surface area (Å²) in [5, 5.41) is 11.6. The highest BCUT2D eigenvalue weighted by Gasteiger charge is 2.22. The number of benzene rings is 1. The van der Waals surface area contributed by atoms with Gasteiger partial charge in [0.2, 0.25) is 5.91 Å². The van der Waals surface area contributed by atoms with Crippen LogP contribution in [0.25, 0.3) is 0 Å². The number of aromatic amines is 1. The number of hydrogen-bond donors (Lipinski definition) is 4. The highest BCUT2D eigenvalue weighted by Crippen LogP contribution is 2.22. The maximum absolute atomic E-state index is 12.1. The van der Waals surface area contributed by atoms with Crippen LogP contribution in [0.3, 0.4) is 0 Å². The Bertz CT molecular complexity index is 794. The van der Waals surface area contributed by atoms with Gasteiger partial charge in [-0.05, 0) is 24.4 Å².